The summed E-state index contributed by atoms with van der Waals surface area (Å²) in [5, 5.41) is 19.1. The summed E-state index contributed by atoms with van der Waals surface area (Å²) < 4.78 is 16.5. The molecular weight excluding hydrogens is 224 g/mol. The number of rotatable bonds is 5. The first kappa shape index (κ1) is 13.2. The minimum atomic E-state index is -0.863. The Labute approximate surface area is 102 Å². The summed E-state index contributed by atoms with van der Waals surface area (Å²) in [6.07, 6.45) is 1.76. The Morgan fingerprint density at radius 1 is 1.12 bits per heavy atom. The van der Waals surface area contributed by atoms with Gasteiger partial charge in [-0.05, 0) is 12.8 Å². The zero-order chi connectivity index (χ0) is 12.3. The van der Waals surface area contributed by atoms with E-state index in [-0.39, 0.29) is 19.0 Å². The zero-order valence-corrected chi connectivity index (χ0v) is 10.2. The van der Waals surface area contributed by atoms with Gasteiger partial charge >= 0.3 is 0 Å². The molecule has 5 nitrogen and oxygen atoms in total. The molecule has 0 aromatic heterocycles. The maximum absolute atomic E-state index is 9.71. The van der Waals surface area contributed by atoms with E-state index in [0.717, 1.165) is 12.8 Å². The van der Waals surface area contributed by atoms with Gasteiger partial charge in [0, 0.05) is 0 Å². The molecular formula is C12H22O5. The van der Waals surface area contributed by atoms with Crippen LogP contribution in [0.15, 0.2) is 0 Å². The van der Waals surface area contributed by atoms with Crippen LogP contribution in [-0.2, 0) is 14.2 Å². The van der Waals surface area contributed by atoms with E-state index >= 15 is 0 Å². The molecule has 2 aliphatic rings. The van der Waals surface area contributed by atoms with Crippen molar-refractivity contribution >= 4 is 0 Å². The Bertz CT molecular complexity index is 235. The van der Waals surface area contributed by atoms with Gasteiger partial charge in [-0.15, -0.1) is 0 Å². The van der Waals surface area contributed by atoms with E-state index in [1.165, 1.54) is 12.8 Å². The second-order valence-corrected chi connectivity index (χ2v) is 4.79. The van der Waals surface area contributed by atoms with Crippen LogP contribution in [0.2, 0.25) is 0 Å². The molecule has 0 saturated carbocycles. The van der Waals surface area contributed by atoms with Crippen molar-refractivity contribution in [2.24, 2.45) is 0 Å². The topological polar surface area (TPSA) is 68.2 Å². The SMILES string of the molecule is CCCCCC1OCC([C@H]2OCC(O)[C@H]2O)O1. The number of unbranched alkanes of at least 4 members (excludes halogenated alkanes) is 2. The maximum atomic E-state index is 9.71. The van der Waals surface area contributed by atoms with Gasteiger partial charge in [0.25, 0.3) is 0 Å². The maximum Gasteiger partial charge on any atom is 0.158 e. The molecule has 5 atom stereocenters. The van der Waals surface area contributed by atoms with Gasteiger partial charge in [0.2, 0.25) is 0 Å². The Kier molecular flexibility index (Phi) is 4.76. The molecule has 0 amide bonds. The zero-order valence-electron chi connectivity index (χ0n) is 10.2. The van der Waals surface area contributed by atoms with Gasteiger partial charge in [0.1, 0.15) is 24.4 Å². The molecule has 0 spiro atoms. The lowest BCUT2D eigenvalue weighted by molar-refractivity contribution is -0.103. The summed E-state index contributed by atoms with van der Waals surface area (Å²) in [5.74, 6) is 0. The third-order valence-electron chi connectivity index (χ3n) is 3.37. The Morgan fingerprint density at radius 2 is 1.94 bits per heavy atom. The van der Waals surface area contributed by atoms with Gasteiger partial charge < -0.3 is 24.4 Å². The fraction of sp³-hybridized carbons (Fsp3) is 1.00. The van der Waals surface area contributed by atoms with Crippen LogP contribution in [0.3, 0.4) is 0 Å². The summed E-state index contributed by atoms with van der Waals surface area (Å²) in [6.45, 7) is 2.76. The molecule has 0 aliphatic carbocycles. The highest BCUT2D eigenvalue weighted by atomic mass is 16.7. The molecule has 0 aromatic carbocycles. The van der Waals surface area contributed by atoms with Crippen LogP contribution in [0, 0.1) is 0 Å². The predicted octanol–water partition coefficient (Wildman–Crippen LogP) is 0.429. The molecule has 2 saturated heterocycles. The van der Waals surface area contributed by atoms with Crippen molar-refractivity contribution in [2.75, 3.05) is 13.2 Å². The molecule has 0 aromatic rings. The van der Waals surface area contributed by atoms with Crippen molar-refractivity contribution in [3.63, 3.8) is 0 Å². The average molecular weight is 246 g/mol. The van der Waals surface area contributed by atoms with Crippen molar-refractivity contribution in [3.05, 3.63) is 0 Å². The first-order chi connectivity index (χ1) is 8.22. The van der Waals surface area contributed by atoms with E-state index in [2.05, 4.69) is 6.92 Å². The largest absolute Gasteiger partial charge is 0.388 e. The van der Waals surface area contributed by atoms with E-state index in [4.69, 9.17) is 14.2 Å². The summed E-state index contributed by atoms with van der Waals surface area (Å²) in [7, 11) is 0. The van der Waals surface area contributed by atoms with E-state index in [9.17, 15) is 10.2 Å². The number of hydrogen-bond donors (Lipinski definition) is 2. The van der Waals surface area contributed by atoms with Gasteiger partial charge in [-0.2, -0.15) is 0 Å². The smallest absolute Gasteiger partial charge is 0.158 e. The van der Waals surface area contributed by atoms with Crippen molar-refractivity contribution in [1.29, 1.82) is 0 Å². The van der Waals surface area contributed by atoms with Crippen molar-refractivity contribution in [1.82, 2.24) is 0 Å². The lowest BCUT2D eigenvalue weighted by Crippen LogP contribution is -2.39. The minimum absolute atomic E-state index is 0.173. The third kappa shape index (κ3) is 3.17. The van der Waals surface area contributed by atoms with E-state index in [1.54, 1.807) is 0 Å². The lowest BCUT2D eigenvalue weighted by Gasteiger charge is -2.20. The van der Waals surface area contributed by atoms with Crippen molar-refractivity contribution in [3.8, 4) is 0 Å². The van der Waals surface area contributed by atoms with Gasteiger partial charge in [-0.25, -0.2) is 0 Å². The molecule has 2 fully saturated rings. The Balaban J connectivity index is 1.74. The highest BCUT2D eigenvalue weighted by Crippen LogP contribution is 2.26. The molecule has 2 rings (SSSR count). The number of aliphatic hydroxyl groups is 2. The Hall–Kier alpha value is -0.200. The molecule has 0 bridgehead atoms. The molecule has 2 N–H and O–H groups in total. The van der Waals surface area contributed by atoms with E-state index in [1.807, 2.05) is 0 Å². The summed E-state index contributed by atoms with van der Waals surface area (Å²) in [5.41, 5.74) is 0. The molecule has 5 heteroatoms. The van der Waals surface area contributed by atoms with Gasteiger partial charge in [-0.1, -0.05) is 19.8 Å². The lowest BCUT2D eigenvalue weighted by atomic mass is 10.1. The number of hydrogen-bond acceptors (Lipinski definition) is 5. The normalized spacial score (nSPS) is 42.2. The molecule has 2 aliphatic heterocycles. The molecule has 2 heterocycles. The van der Waals surface area contributed by atoms with E-state index in [0.29, 0.717) is 6.61 Å². The quantitative estimate of drug-likeness (QED) is 0.688. The molecule has 17 heavy (non-hydrogen) atoms. The third-order valence-corrected chi connectivity index (χ3v) is 3.37. The average Bonchev–Trinajstić information content (AvgIpc) is 2.89. The van der Waals surface area contributed by atoms with Crippen LogP contribution in [0.1, 0.15) is 32.6 Å². The highest BCUT2D eigenvalue weighted by molar-refractivity contribution is 4.90. The van der Waals surface area contributed by atoms with Crippen LogP contribution in [0.4, 0.5) is 0 Å². The van der Waals surface area contributed by atoms with Gasteiger partial charge in [-0.3, -0.25) is 0 Å². The van der Waals surface area contributed by atoms with Crippen LogP contribution in [0.25, 0.3) is 0 Å². The summed E-state index contributed by atoms with van der Waals surface area (Å²) >= 11 is 0. The van der Waals surface area contributed by atoms with E-state index < -0.39 is 18.3 Å². The second kappa shape index (κ2) is 6.11. The van der Waals surface area contributed by atoms with Crippen LogP contribution >= 0.6 is 0 Å². The first-order valence-electron chi connectivity index (χ1n) is 6.47. The standard InChI is InChI=1S/C12H22O5/c1-2-3-4-5-10-15-7-9(17-10)12-11(14)8(13)6-16-12/h8-14H,2-7H2,1H3/t8?,9?,10?,11-,12-/m1/s1. The van der Waals surface area contributed by atoms with Crippen molar-refractivity contribution in [2.45, 2.75) is 63.3 Å². The fourth-order valence-corrected chi connectivity index (χ4v) is 2.31. The first-order valence-corrected chi connectivity index (χ1v) is 6.47. The van der Waals surface area contributed by atoms with Crippen LogP contribution in [0.5, 0.6) is 0 Å². The molecule has 3 unspecified atom stereocenters. The van der Waals surface area contributed by atoms with Gasteiger partial charge in [0.15, 0.2) is 6.29 Å². The summed E-state index contributed by atoms with van der Waals surface area (Å²) in [4.78, 5) is 0. The predicted molar refractivity (Wildman–Crippen MR) is 60.5 cm³/mol. The number of ether oxygens (including phenoxy) is 3. The molecule has 0 radical (unpaired) electrons. The number of aliphatic hydroxyl groups excluding tert-OH is 2. The second-order valence-electron chi connectivity index (χ2n) is 4.79. The highest BCUT2D eigenvalue weighted by Gasteiger charge is 2.43. The molecule has 100 valence electrons. The van der Waals surface area contributed by atoms with Gasteiger partial charge in [0.05, 0.1) is 13.2 Å². The Morgan fingerprint density at radius 3 is 2.59 bits per heavy atom. The fourth-order valence-electron chi connectivity index (χ4n) is 2.31. The summed E-state index contributed by atoms with van der Waals surface area (Å²) in [6, 6.07) is 0. The van der Waals surface area contributed by atoms with Crippen LogP contribution in [-0.4, -0.2) is 54.1 Å². The monoisotopic (exact) mass is 246 g/mol. The van der Waals surface area contributed by atoms with Crippen molar-refractivity contribution < 1.29 is 24.4 Å². The minimum Gasteiger partial charge on any atom is -0.388 e. The van der Waals surface area contributed by atoms with Crippen LogP contribution < -0.4 is 0 Å².